The van der Waals surface area contributed by atoms with Crippen LogP contribution in [0.4, 0.5) is 5.69 Å². The van der Waals surface area contributed by atoms with Gasteiger partial charge in [0.15, 0.2) is 5.79 Å². The Hall–Kier alpha value is -3.56. The average Bonchev–Trinajstić information content (AvgIpc) is 3.48. The first-order valence-corrected chi connectivity index (χ1v) is 10.5. The number of benzene rings is 2. The maximum absolute atomic E-state index is 13.5. The lowest BCUT2D eigenvalue weighted by molar-refractivity contribution is -0.384. The van der Waals surface area contributed by atoms with Gasteiger partial charge in [-0.05, 0) is 18.2 Å². The molecule has 5 rings (SSSR count). The zero-order chi connectivity index (χ0) is 22.1. The van der Waals surface area contributed by atoms with Crippen molar-refractivity contribution in [3.8, 4) is 16.9 Å². The summed E-state index contributed by atoms with van der Waals surface area (Å²) in [6.07, 6.45) is 1.24. The van der Waals surface area contributed by atoms with Crippen molar-refractivity contribution < 1.29 is 19.2 Å². The summed E-state index contributed by atoms with van der Waals surface area (Å²) in [6.45, 7) is 2.21. The Morgan fingerprint density at radius 2 is 1.66 bits per heavy atom. The van der Waals surface area contributed by atoms with Crippen molar-refractivity contribution in [3.05, 3.63) is 76.5 Å². The molecule has 9 heteroatoms. The first-order valence-electron chi connectivity index (χ1n) is 10.5. The predicted molar refractivity (Wildman–Crippen MR) is 115 cm³/mol. The molecule has 0 N–H and O–H groups in total. The lowest BCUT2D eigenvalue weighted by Gasteiger charge is -2.37. The number of amides is 1. The van der Waals surface area contributed by atoms with E-state index in [0.29, 0.717) is 56.2 Å². The second kappa shape index (κ2) is 8.18. The van der Waals surface area contributed by atoms with Crippen LogP contribution in [0, 0.1) is 10.1 Å². The molecule has 0 aliphatic carbocycles. The summed E-state index contributed by atoms with van der Waals surface area (Å²) in [7, 11) is 0. The Morgan fingerprint density at radius 3 is 2.28 bits per heavy atom. The van der Waals surface area contributed by atoms with Crippen molar-refractivity contribution in [2.75, 3.05) is 26.3 Å². The normalized spacial score (nSPS) is 17.6. The molecule has 0 unspecified atom stereocenters. The summed E-state index contributed by atoms with van der Waals surface area (Å²) < 4.78 is 13.1. The maximum atomic E-state index is 13.5. The predicted octanol–water partition coefficient (Wildman–Crippen LogP) is 3.43. The van der Waals surface area contributed by atoms with Crippen LogP contribution in [0.25, 0.3) is 16.9 Å². The van der Waals surface area contributed by atoms with E-state index in [1.54, 1.807) is 27.8 Å². The molecule has 0 radical (unpaired) electrons. The van der Waals surface area contributed by atoms with Crippen molar-refractivity contribution in [2.24, 2.45) is 0 Å². The molecule has 2 aliphatic rings. The van der Waals surface area contributed by atoms with E-state index in [-0.39, 0.29) is 11.6 Å². The topological polar surface area (TPSA) is 99.7 Å². The highest BCUT2D eigenvalue weighted by molar-refractivity contribution is 5.94. The Bertz CT molecular complexity index is 1130. The molecule has 9 nitrogen and oxygen atoms in total. The third-order valence-electron chi connectivity index (χ3n) is 5.93. The number of non-ortho nitro benzene ring substituents is 1. The van der Waals surface area contributed by atoms with Crippen molar-refractivity contribution in [1.29, 1.82) is 0 Å². The molecule has 1 aromatic heterocycles. The van der Waals surface area contributed by atoms with Crippen LogP contribution in [0.3, 0.4) is 0 Å². The quantitative estimate of drug-likeness (QED) is 0.461. The molecule has 0 bridgehead atoms. The van der Waals surface area contributed by atoms with Crippen LogP contribution in [-0.4, -0.2) is 57.6 Å². The number of ether oxygens (including phenoxy) is 2. The zero-order valence-electron chi connectivity index (χ0n) is 17.3. The van der Waals surface area contributed by atoms with Crippen LogP contribution < -0.4 is 0 Å². The minimum atomic E-state index is -0.565. The molecule has 3 heterocycles. The number of carbonyl (C=O) groups excluding carboxylic acids is 1. The largest absolute Gasteiger partial charge is 0.347 e. The van der Waals surface area contributed by atoms with Gasteiger partial charge in [0.1, 0.15) is 5.69 Å². The Kier molecular flexibility index (Phi) is 5.20. The number of nitrogens with zero attached hydrogens (tertiary/aromatic N) is 4. The number of piperidine rings is 1. The minimum Gasteiger partial charge on any atom is -0.347 e. The third kappa shape index (κ3) is 3.76. The highest BCUT2D eigenvalue weighted by atomic mass is 16.7. The van der Waals surface area contributed by atoms with E-state index in [0.717, 1.165) is 5.56 Å². The van der Waals surface area contributed by atoms with Crippen LogP contribution in [0.1, 0.15) is 23.3 Å². The van der Waals surface area contributed by atoms with Crippen LogP contribution in [-0.2, 0) is 9.47 Å². The minimum absolute atomic E-state index is 0.0186. The van der Waals surface area contributed by atoms with E-state index in [9.17, 15) is 14.9 Å². The molecule has 2 fully saturated rings. The monoisotopic (exact) mass is 434 g/mol. The molecule has 164 valence electrons. The number of nitro benzene ring substituents is 1. The van der Waals surface area contributed by atoms with E-state index < -0.39 is 10.7 Å². The molecule has 2 aliphatic heterocycles. The molecule has 2 aromatic carbocycles. The average molecular weight is 434 g/mol. The zero-order valence-corrected chi connectivity index (χ0v) is 17.3. The van der Waals surface area contributed by atoms with Gasteiger partial charge >= 0.3 is 0 Å². The van der Waals surface area contributed by atoms with Gasteiger partial charge in [0.25, 0.3) is 11.6 Å². The van der Waals surface area contributed by atoms with Gasteiger partial charge in [0.05, 0.1) is 29.5 Å². The lowest BCUT2D eigenvalue weighted by Crippen LogP contribution is -2.47. The number of aromatic nitrogens is 2. The SMILES string of the molecule is O=C(c1cc(-c2ccccc2)nn1-c1ccc([N+](=O)[O-])cc1)N1CCC2(CC1)OCCO2. The molecule has 2 saturated heterocycles. The maximum Gasteiger partial charge on any atom is 0.272 e. The molecule has 0 saturated carbocycles. The van der Waals surface area contributed by atoms with Gasteiger partial charge in [-0.3, -0.25) is 14.9 Å². The van der Waals surface area contributed by atoms with Gasteiger partial charge in [-0.25, -0.2) is 4.68 Å². The van der Waals surface area contributed by atoms with Gasteiger partial charge in [0, 0.05) is 43.6 Å². The fourth-order valence-corrected chi connectivity index (χ4v) is 4.19. The first kappa shape index (κ1) is 20.3. The summed E-state index contributed by atoms with van der Waals surface area (Å²) in [4.78, 5) is 25.8. The van der Waals surface area contributed by atoms with Gasteiger partial charge in [-0.1, -0.05) is 30.3 Å². The lowest BCUT2D eigenvalue weighted by atomic mass is 10.0. The number of rotatable bonds is 4. The smallest absolute Gasteiger partial charge is 0.272 e. The first-order chi connectivity index (χ1) is 15.5. The van der Waals surface area contributed by atoms with Crippen LogP contribution >= 0.6 is 0 Å². The van der Waals surface area contributed by atoms with Crippen molar-refractivity contribution >= 4 is 11.6 Å². The van der Waals surface area contributed by atoms with Gasteiger partial charge in [-0.2, -0.15) is 5.10 Å². The van der Waals surface area contributed by atoms with Gasteiger partial charge in [-0.15, -0.1) is 0 Å². The third-order valence-corrected chi connectivity index (χ3v) is 5.93. The fourth-order valence-electron chi connectivity index (χ4n) is 4.19. The molecule has 3 aromatic rings. The Labute approximate surface area is 184 Å². The fraction of sp³-hybridized carbons (Fsp3) is 0.304. The van der Waals surface area contributed by atoms with Crippen molar-refractivity contribution in [1.82, 2.24) is 14.7 Å². The van der Waals surface area contributed by atoms with E-state index in [2.05, 4.69) is 5.10 Å². The molecule has 32 heavy (non-hydrogen) atoms. The van der Waals surface area contributed by atoms with E-state index in [1.807, 2.05) is 30.3 Å². The molecular weight excluding hydrogens is 412 g/mol. The second-order valence-electron chi connectivity index (χ2n) is 7.87. The number of hydrogen-bond donors (Lipinski definition) is 0. The summed E-state index contributed by atoms with van der Waals surface area (Å²) >= 11 is 0. The standard InChI is InChI=1S/C23H22N4O5/c28-22(25-12-10-23(11-13-25)31-14-15-32-23)21-16-20(17-4-2-1-3-5-17)24-26(21)18-6-8-19(9-7-18)27(29)30/h1-9,16H,10-15H2. The molecule has 0 atom stereocenters. The highest BCUT2D eigenvalue weighted by Crippen LogP contribution is 2.32. The second-order valence-corrected chi connectivity index (χ2v) is 7.87. The summed E-state index contributed by atoms with van der Waals surface area (Å²) in [6, 6.07) is 17.4. The van der Waals surface area contributed by atoms with E-state index >= 15 is 0 Å². The Morgan fingerprint density at radius 1 is 1.00 bits per heavy atom. The van der Waals surface area contributed by atoms with Crippen LogP contribution in [0.2, 0.25) is 0 Å². The number of carbonyl (C=O) groups is 1. The number of nitro groups is 1. The molecular formula is C23H22N4O5. The summed E-state index contributed by atoms with van der Waals surface area (Å²) in [5.41, 5.74) is 2.50. The van der Waals surface area contributed by atoms with Crippen LogP contribution in [0.5, 0.6) is 0 Å². The highest BCUT2D eigenvalue weighted by Gasteiger charge is 2.41. The van der Waals surface area contributed by atoms with Crippen molar-refractivity contribution in [3.63, 3.8) is 0 Å². The Balaban J connectivity index is 1.48. The summed E-state index contributed by atoms with van der Waals surface area (Å²) in [5.74, 6) is -0.712. The van der Waals surface area contributed by atoms with Crippen LogP contribution in [0.15, 0.2) is 60.7 Å². The molecule has 1 amide bonds. The van der Waals surface area contributed by atoms with Gasteiger partial charge < -0.3 is 14.4 Å². The van der Waals surface area contributed by atoms with Gasteiger partial charge in [0.2, 0.25) is 0 Å². The van der Waals surface area contributed by atoms with E-state index in [1.165, 1.54) is 12.1 Å². The number of likely N-dealkylation sites (tertiary alicyclic amines) is 1. The summed E-state index contributed by atoms with van der Waals surface area (Å²) in [5, 5.41) is 15.7. The van der Waals surface area contributed by atoms with E-state index in [4.69, 9.17) is 9.47 Å². The van der Waals surface area contributed by atoms with Crippen molar-refractivity contribution in [2.45, 2.75) is 18.6 Å². The number of hydrogen-bond acceptors (Lipinski definition) is 6. The molecule has 1 spiro atoms.